The van der Waals surface area contributed by atoms with Crippen LogP contribution in [-0.4, -0.2) is 61.7 Å². The van der Waals surface area contributed by atoms with Gasteiger partial charge in [0.1, 0.15) is 23.9 Å². The Balaban J connectivity index is 1.73. The van der Waals surface area contributed by atoms with Crippen LogP contribution in [0.3, 0.4) is 0 Å². The minimum atomic E-state index is -2.63. The molecular weight excluding hydrogens is 609 g/mol. The van der Waals surface area contributed by atoms with Gasteiger partial charge < -0.3 is 27.8 Å². The molecule has 0 aliphatic carbocycles. The molecule has 2 aromatic carbocycles. The van der Waals surface area contributed by atoms with Crippen LogP contribution in [-0.2, 0) is 29.8 Å². The van der Waals surface area contributed by atoms with Gasteiger partial charge in [0.15, 0.2) is 0 Å². The van der Waals surface area contributed by atoms with Crippen LogP contribution in [0.4, 0.5) is 0 Å². The maximum atomic E-state index is 12.8. The molecule has 256 valence electrons. The van der Waals surface area contributed by atoms with E-state index < -0.39 is 14.3 Å². The summed E-state index contributed by atoms with van der Waals surface area (Å²) in [6.07, 6.45) is 4.94. The fraction of sp³-hybridized carbons (Fsp3) is 0.462. The zero-order valence-electron chi connectivity index (χ0n) is 29.4. The van der Waals surface area contributed by atoms with Gasteiger partial charge >= 0.3 is 5.97 Å². The van der Waals surface area contributed by atoms with E-state index in [2.05, 4.69) is 94.9 Å². The van der Waals surface area contributed by atoms with E-state index in [-0.39, 0.29) is 17.7 Å². The molecule has 0 spiro atoms. The maximum Gasteiger partial charge on any atom is 0.341 e. The summed E-state index contributed by atoms with van der Waals surface area (Å²) < 4.78 is 34.4. The Labute approximate surface area is 283 Å². The van der Waals surface area contributed by atoms with Crippen molar-refractivity contribution in [2.75, 3.05) is 47.4 Å². The zero-order valence-corrected chi connectivity index (χ0v) is 30.4. The number of hydrogen-bond acceptors (Lipinski definition) is 7. The molecule has 1 heterocycles. The van der Waals surface area contributed by atoms with Gasteiger partial charge in [-0.3, -0.25) is 0 Å². The van der Waals surface area contributed by atoms with Gasteiger partial charge in [0.25, 0.3) is 8.32 Å². The Morgan fingerprint density at radius 2 is 1.53 bits per heavy atom. The third kappa shape index (κ3) is 10.9. The third-order valence-corrected chi connectivity index (χ3v) is 13.5. The predicted octanol–water partition coefficient (Wildman–Crippen LogP) is 7.59. The molecule has 0 saturated carbocycles. The largest absolute Gasteiger partial charge is 0.465 e. The molecule has 47 heavy (non-hydrogen) atoms. The molecule has 1 atom stereocenters. The Bertz CT molecular complexity index is 1370. The first-order valence-corrected chi connectivity index (χ1v) is 18.4. The summed E-state index contributed by atoms with van der Waals surface area (Å²) in [4.78, 5) is 12.8. The first-order valence-electron chi connectivity index (χ1n) is 16.5. The summed E-state index contributed by atoms with van der Waals surface area (Å²) in [6.45, 7) is 17.6. The van der Waals surface area contributed by atoms with E-state index in [1.54, 1.807) is 13.2 Å². The summed E-state index contributed by atoms with van der Waals surface area (Å²) in [7, 11) is 0.405. The lowest BCUT2D eigenvalue weighted by Gasteiger charge is -2.43. The van der Waals surface area contributed by atoms with Crippen molar-refractivity contribution in [2.24, 2.45) is 5.92 Å². The molecule has 3 rings (SSSR count). The van der Waals surface area contributed by atoms with Crippen molar-refractivity contribution in [3.05, 3.63) is 102 Å². The Morgan fingerprint density at radius 3 is 2.09 bits per heavy atom. The second-order valence-corrected chi connectivity index (χ2v) is 17.4. The molecule has 0 saturated heterocycles. The van der Waals surface area contributed by atoms with Gasteiger partial charge in [0.2, 0.25) is 0 Å². The van der Waals surface area contributed by atoms with Crippen molar-refractivity contribution < 1.29 is 32.6 Å². The van der Waals surface area contributed by atoms with Crippen molar-refractivity contribution in [3.8, 4) is 0 Å². The molecule has 1 aromatic heterocycles. The zero-order chi connectivity index (χ0) is 34.3. The quantitative estimate of drug-likeness (QED) is 0.0406. The Morgan fingerprint density at radius 1 is 0.915 bits per heavy atom. The van der Waals surface area contributed by atoms with E-state index in [9.17, 15) is 4.79 Å². The number of rotatable bonds is 20. The summed E-state index contributed by atoms with van der Waals surface area (Å²) in [5.74, 6) is 0.949. The van der Waals surface area contributed by atoms with Gasteiger partial charge in [0, 0.05) is 26.7 Å². The van der Waals surface area contributed by atoms with Crippen LogP contribution in [0.2, 0.25) is 5.04 Å². The molecule has 0 fully saturated rings. The predicted molar refractivity (Wildman–Crippen MR) is 192 cm³/mol. The van der Waals surface area contributed by atoms with Crippen molar-refractivity contribution in [2.45, 2.75) is 65.3 Å². The first-order chi connectivity index (χ1) is 22.5. The van der Waals surface area contributed by atoms with Crippen molar-refractivity contribution >= 4 is 30.7 Å². The molecule has 0 amide bonds. The number of hydrogen-bond donors (Lipinski definition) is 0. The van der Waals surface area contributed by atoms with E-state index in [4.69, 9.17) is 27.8 Å². The van der Waals surface area contributed by atoms with Crippen LogP contribution in [0.15, 0.2) is 88.9 Å². The highest BCUT2D eigenvalue weighted by Gasteiger charge is 2.50. The summed E-state index contributed by atoms with van der Waals surface area (Å²) in [5, 5.41) is 2.42. The van der Waals surface area contributed by atoms with E-state index in [0.29, 0.717) is 49.9 Å². The smallest absolute Gasteiger partial charge is 0.341 e. The molecule has 0 aliphatic heterocycles. The summed E-state index contributed by atoms with van der Waals surface area (Å²) in [5.41, 5.74) is 2.58. The van der Waals surface area contributed by atoms with Crippen LogP contribution in [0.25, 0.3) is 6.08 Å². The average molecular weight is 663 g/mol. The fourth-order valence-corrected chi connectivity index (χ4v) is 10.5. The van der Waals surface area contributed by atoms with Gasteiger partial charge in [-0.25, -0.2) is 4.79 Å². The van der Waals surface area contributed by atoms with E-state index in [1.807, 2.05) is 13.0 Å². The lowest BCUT2D eigenvalue weighted by Crippen LogP contribution is -2.66. The van der Waals surface area contributed by atoms with E-state index in [0.717, 1.165) is 30.4 Å². The molecule has 1 unspecified atom stereocenters. The van der Waals surface area contributed by atoms with Gasteiger partial charge in [-0.15, -0.1) is 0 Å². The Kier molecular flexibility index (Phi) is 15.4. The molecule has 8 heteroatoms. The highest BCUT2D eigenvalue weighted by molar-refractivity contribution is 6.99. The monoisotopic (exact) mass is 662 g/mol. The number of furan rings is 1. The van der Waals surface area contributed by atoms with E-state index in [1.165, 1.54) is 17.5 Å². The van der Waals surface area contributed by atoms with Gasteiger partial charge in [-0.2, -0.15) is 0 Å². The molecule has 0 radical (unpaired) electrons. The second kappa shape index (κ2) is 18.9. The number of carbonyl (C=O) groups excluding carboxylic acids is 1. The molecule has 0 bridgehead atoms. The van der Waals surface area contributed by atoms with Crippen LogP contribution >= 0.6 is 0 Å². The molecule has 3 aromatic rings. The van der Waals surface area contributed by atoms with Gasteiger partial charge in [-0.05, 0) is 66.6 Å². The SMILES string of the molecule is C=C(C)C(CCCOCOCCOC)Cc1oc(/C=C(\C)CCO[Si](c2ccccc2)(c2ccccc2)C(C)(C)C)cc1C(=O)OC. The fourth-order valence-electron chi connectivity index (χ4n) is 5.89. The number of carbonyl (C=O) groups is 1. The molecular formula is C39H54O7Si. The Hall–Kier alpha value is -3.27. The minimum Gasteiger partial charge on any atom is -0.465 e. The molecule has 0 N–H and O–H groups in total. The normalized spacial score (nSPS) is 13.0. The summed E-state index contributed by atoms with van der Waals surface area (Å²) in [6, 6.07) is 23.1. The topological polar surface area (TPSA) is 76.4 Å². The summed E-state index contributed by atoms with van der Waals surface area (Å²) >= 11 is 0. The maximum absolute atomic E-state index is 12.8. The standard InChI is InChI=1S/C39H54O7Si/c1-30(2)32(16-15-22-43-29-44-25-24-41-7)27-37-36(38(40)42-8)28-33(46-37)26-31(3)21-23-45-47(39(4,5)6,34-17-11-9-12-18-34)35-19-13-10-14-20-35/h9-14,17-20,26,28,32H,1,15-16,21-25,27,29H2,2-8H3/b31-26+. The van der Waals surface area contributed by atoms with E-state index >= 15 is 0 Å². The number of esters is 1. The number of benzene rings is 2. The molecule has 7 nitrogen and oxygen atoms in total. The van der Waals surface area contributed by atoms with Gasteiger partial charge in [0.05, 0.1) is 20.3 Å². The van der Waals surface area contributed by atoms with Crippen LogP contribution in [0.5, 0.6) is 0 Å². The first kappa shape index (κ1) is 38.2. The van der Waals surface area contributed by atoms with Crippen molar-refractivity contribution in [1.29, 1.82) is 0 Å². The minimum absolute atomic E-state index is 0.0948. The highest BCUT2D eigenvalue weighted by Crippen LogP contribution is 2.37. The van der Waals surface area contributed by atoms with Crippen LogP contribution in [0.1, 0.15) is 75.8 Å². The number of ether oxygens (including phenoxy) is 4. The lowest BCUT2D eigenvalue weighted by atomic mass is 9.91. The van der Waals surface area contributed by atoms with Crippen molar-refractivity contribution in [3.63, 3.8) is 0 Å². The second-order valence-electron chi connectivity index (χ2n) is 13.0. The number of methoxy groups -OCH3 is 2. The third-order valence-electron chi connectivity index (χ3n) is 8.42. The van der Waals surface area contributed by atoms with Crippen molar-refractivity contribution in [1.82, 2.24) is 0 Å². The van der Waals surface area contributed by atoms with Gasteiger partial charge in [-0.1, -0.05) is 99.2 Å². The van der Waals surface area contributed by atoms with Crippen LogP contribution in [0, 0.1) is 5.92 Å². The highest BCUT2D eigenvalue weighted by atomic mass is 28.4. The average Bonchev–Trinajstić information content (AvgIpc) is 3.45. The number of allylic oxidation sites excluding steroid dienone is 1. The lowest BCUT2D eigenvalue weighted by molar-refractivity contribution is -0.0667. The molecule has 0 aliphatic rings. The van der Waals surface area contributed by atoms with Crippen LogP contribution < -0.4 is 10.4 Å².